The zero-order valence-corrected chi connectivity index (χ0v) is 13.6. The van der Waals surface area contributed by atoms with Gasteiger partial charge in [-0.3, -0.25) is 0 Å². The lowest BCUT2D eigenvalue weighted by molar-refractivity contribution is 0.182. The second-order valence-corrected chi connectivity index (χ2v) is 6.01. The summed E-state index contributed by atoms with van der Waals surface area (Å²) in [7, 11) is 1.61. The molecule has 2 amide bonds. The fourth-order valence-corrected chi connectivity index (χ4v) is 2.87. The Morgan fingerprint density at radius 3 is 3.09 bits per heavy atom. The second-order valence-electron chi connectivity index (χ2n) is 6.01. The highest BCUT2D eigenvalue weighted by Gasteiger charge is 2.15. The molecule has 0 spiro atoms. The van der Waals surface area contributed by atoms with E-state index in [0.29, 0.717) is 6.54 Å². The van der Waals surface area contributed by atoms with Crippen LogP contribution in [0.25, 0.3) is 0 Å². The van der Waals surface area contributed by atoms with Gasteiger partial charge in [0.2, 0.25) is 0 Å². The summed E-state index contributed by atoms with van der Waals surface area (Å²) >= 11 is 0. The zero-order valence-electron chi connectivity index (χ0n) is 13.6. The molecule has 5 heteroatoms. The van der Waals surface area contributed by atoms with Gasteiger partial charge in [0.1, 0.15) is 5.75 Å². The molecule has 0 bridgehead atoms. The van der Waals surface area contributed by atoms with Crippen molar-refractivity contribution in [3.8, 4) is 5.75 Å². The maximum atomic E-state index is 11.8. The molecule has 0 radical (unpaired) electrons. The summed E-state index contributed by atoms with van der Waals surface area (Å²) in [5, 5.41) is 5.72. The fraction of sp³-hybridized carbons (Fsp3) is 0.588. The average molecular weight is 305 g/mol. The number of methoxy groups -OCH3 is 1. The van der Waals surface area contributed by atoms with Crippen LogP contribution in [-0.4, -0.2) is 44.2 Å². The molecule has 1 fully saturated rings. The molecule has 5 nitrogen and oxygen atoms in total. The molecular weight excluding hydrogens is 278 g/mol. The van der Waals surface area contributed by atoms with Crippen LogP contribution in [0.5, 0.6) is 5.75 Å². The van der Waals surface area contributed by atoms with Crippen LogP contribution >= 0.6 is 0 Å². The minimum absolute atomic E-state index is 0.166. The lowest BCUT2D eigenvalue weighted by Gasteiger charge is -2.30. The minimum atomic E-state index is -0.166. The van der Waals surface area contributed by atoms with E-state index in [0.717, 1.165) is 30.3 Å². The first-order chi connectivity index (χ1) is 10.7. The van der Waals surface area contributed by atoms with Gasteiger partial charge in [-0.2, -0.15) is 0 Å². The molecule has 0 saturated carbocycles. The van der Waals surface area contributed by atoms with E-state index in [9.17, 15) is 4.79 Å². The van der Waals surface area contributed by atoms with Gasteiger partial charge in [-0.25, -0.2) is 4.79 Å². The van der Waals surface area contributed by atoms with Gasteiger partial charge < -0.3 is 20.3 Å². The maximum Gasteiger partial charge on any atom is 0.319 e. The van der Waals surface area contributed by atoms with E-state index < -0.39 is 0 Å². The van der Waals surface area contributed by atoms with Crippen molar-refractivity contribution in [3.05, 3.63) is 24.3 Å². The lowest BCUT2D eigenvalue weighted by atomic mass is 10.0. The van der Waals surface area contributed by atoms with Crippen molar-refractivity contribution >= 4 is 11.7 Å². The number of nitrogens with zero attached hydrogens (tertiary/aromatic N) is 1. The van der Waals surface area contributed by atoms with Gasteiger partial charge >= 0.3 is 6.03 Å². The van der Waals surface area contributed by atoms with Crippen molar-refractivity contribution in [2.24, 2.45) is 5.92 Å². The summed E-state index contributed by atoms with van der Waals surface area (Å²) in [5.74, 6) is 1.54. The first kappa shape index (κ1) is 16.6. The highest BCUT2D eigenvalue weighted by Crippen LogP contribution is 2.16. The van der Waals surface area contributed by atoms with Crippen LogP contribution in [0.3, 0.4) is 0 Å². The molecule has 0 aliphatic carbocycles. The third-order valence-corrected chi connectivity index (χ3v) is 4.01. The van der Waals surface area contributed by atoms with Crippen molar-refractivity contribution in [1.82, 2.24) is 10.2 Å². The van der Waals surface area contributed by atoms with Crippen LogP contribution < -0.4 is 15.4 Å². The Hall–Kier alpha value is -1.75. The van der Waals surface area contributed by atoms with Crippen LogP contribution in [0.15, 0.2) is 24.3 Å². The zero-order chi connectivity index (χ0) is 15.8. The molecule has 122 valence electrons. The molecule has 0 aromatic heterocycles. The molecular formula is C17H27N3O2. The Kier molecular flexibility index (Phi) is 6.52. The Morgan fingerprint density at radius 2 is 2.32 bits per heavy atom. The van der Waals surface area contributed by atoms with Gasteiger partial charge in [-0.15, -0.1) is 0 Å². The summed E-state index contributed by atoms with van der Waals surface area (Å²) in [6, 6.07) is 7.18. The molecule has 1 atom stereocenters. The lowest BCUT2D eigenvalue weighted by Crippen LogP contribution is -2.37. The van der Waals surface area contributed by atoms with Crippen LogP contribution in [0.1, 0.15) is 26.2 Å². The van der Waals surface area contributed by atoms with Crippen molar-refractivity contribution in [2.45, 2.75) is 26.2 Å². The number of likely N-dealkylation sites (tertiary alicyclic amines) is 1. The van der Waals surface area contributed by atoms with Gasteiger partial charge in [0.05, 0.1) is 7.11 Å². The molecule has 1 aromatic carbocycles. The highest BCUT2D eigenvalue weighted by atomic mass is 16.5. The van der Waals surface area contributed by atoms with E-state index >= 15 is 0 Å². The quantitative estimate of drug-likeness (QED) is 0.795. The summed E-state index contributed by atoms with van der Waals surface area (Å²) < 4.78 is 5.13. The van der Waals surface area contributed by atoms with Crippen LogP contribution in [-0.2, 0) is 0 Å². The highest BCUT2D eigenvalue weighted by molar-refractivity contribution is 5.89. The molecule has 1 aliphatic rings. The Labute approximate surface area is 133 Å². The normalized spacial score (nSPS) is 18.7. The number of nitrogens with one attached hydrogen (secondary N) is 2. The smallest absolute Gasteiger partial charge is 0.319 e. The standard InChI is InChI=1S/C17H27N3O2/c1-14-6-4-10-20(13-14)11-5-9-18-17(21)19-15-7-3-8-16(12-15)22-2/h3,7-8,12,14H,4-6,9-11,13H2,1-2H3,(H2,18,19,21)/t14-/m1/s1. The third kappa shape index (κ3) is 5.56. The van der Waals surface area contributed by atoms with Crippen LogP contribution in [0.4, 0.5) is 10.5 Å². The number of urea groups is 1. The molecule has 2 rings (SSSR count). The fourth-order valence-electron chi connectivity index (χ4n) is 2.87. The van der Waals surface area contributed by atoms with E-state index in [-0.39, 0.29) is 6.03 Å². The van der Waals surface area contributed by atoms with Crippen LogP contribution in [0, 0.1) is 5.92 Å². The number of benzene rings is 1. The number of ether oxygens (including phenoxy) is 1. The van der Waals surface area contributed by atoms with Gasteiger partial charge in [0.15, 0.2) is 0 Å². The van der Waals surface area contributed by atoms with E-state index in [1.807, 2.05) is 18.2 Å². The topological polar surface area (TPSA) is 53.6 Å². The number of hydrogen-bond acceptors (Lipinski definition) is 3. The summed E-state index contributed by atoms with van der Waals surface area (Å²) in [4.78, 5) is 14.3. The molecule has 1 saturated heterocycles. The summed E-state index contributed by atoms with van der Waals surface area (Å²) in [6.45, 7) is 6.45. The Balaban J connectivity index is 1.63. The number of carbonyl (C=O) groups excluding carboxylic acids is 1. The molecule has 0 unspecified atom stereocenters. The van der Waals surface area contributed by atoms with Crippen molar-refractivity contribution in [2.75, 3.05) is 38.6 Å². The minimum Gasteiger partial charge on any atom is -0.497 e. The number of piperidine rings is 1. The first-order valence-corrected chi connectivity index (χ1v) is 8.08. The third-order valence-electron chi connectivity index (χ3n) is 4.01. The number of anilines is 1. The molecule has 1 aromatic rings. The largest absolute Gasteiger partial charge is 0.497 e. The van der Waals surface area contributed by atoms with Gasteiger partial charge in [0.25, 0.3) is 0 Å². The first-order valence-electron chi connectivity index (χ1n) is 8.08. The number of carbonyl (C=O) groups is 1. The Bertz CT molecular complexity index is 479. The maximum absolute atomic E-state index is 11.8. The average Bonchev–Trinajstić information content (AvgIpc) is 2.52. The molecule has 22 heavy (non-hydrogen) atoms. The molecule has 1 aliphatic heterocycles. The number of rotatable bonds is 6. The summed E-state index contributed by atoms with van der Waals surface area (Å²) in [5.41, 5.74) is 0.738. The van der Waals surface area contributed by atoms with E-state index in [1.54, 1.807) is 13.2 Å². The predicted molar refractivity (Wildman–Crippen MR) is 89.5 cm³/mol. The molecule has 2 N–H and O–H groups in total. The number of amides is 2. The van der Waals surface area contributed by atoms with Gasteiger partial charge in [-0.1, -0.05) is 13.0 Å². The van der Waals surface area contributed by atoms with Crippen molar-refractivity contribution < 1.29 is 9.53 Å². The predicted octanol–water partition coefficient (Wildman–Crippen LogP) is 2.94. The van der Waals surface area contributed by atoms with Crippen molar-refractivity contribution in [3.63, 3.8) is 0 Å². The Morgan fingerprint density at radius 1 is 1.45 bits per heavy atom. The van der Waals surface area contributed by atoms with E-state index in [4.69, 9.17) is 4.74 Å². The second kappa shape index (κ2) is 8.63. The molecule has 1 heterocycles. The summed E-state index contributed by atoms with van der Waals surface area (Å²) in [6.07, 6.45) is 3.63. The van der Waals surface area contributed by atoms with Crippen molar-refractivity contribution in [1.29, 1.82) is 0 Å². The monoisotopic (exact) mass is 305 g/mol. The van der Waals surface area contributed by atoms with E-state index in [1.165, 1.54) is 25.9 Å². The van der Waals surface area contributed by atoms with E-state index in [2.05, 4.69) is 22.5 Å². The van der Waals surface area contributed by atoms with Crippen LogP contribution in [0.2, 0.25) is 0 Å². The van der Waals surface area contributed by atoms with Gasteiger partial charge in [0, 0.05) is 24.8 Å². The SMILES string of the molecule is COc1cccc(NC(=O)NCCCN2CCC[C@@H](C)C2)c1. The number of hydrogen-bond donors (Lipinski definition) is 2. The van der Waals surface area contributed by atoms with Gasteiger partial charge in [-0.05, 0) is 50.4 Å².